The van der Waals surface area contributed by atoms with Crippen LogP contribution in [0.2, 0.25) is 0 Å². The number of ether oxygens (including phenoxy) is 2. The van der Waals surface area contributed by atoms with Gasteiger partial charge in [0, 0.05) is 26.2 Å². The van der Waals surface area contributed by atoms with E-state index in [9.17, 15) is 0 Å². The van der Waals surface area contributed by atoms with Crippen LogP contribution in [0.1, 0.15) is 27.7 Å². The van der Waals surface area contributed by atoms with Gasteiger partial charge in [0.25, 0.3) is 0 Å². The van der Waals surface area contributed by atoms with E-state index in [4.69, 9.17) is 9.47 Å². The van der Waals surface area contributed by atoms with Gasteiger partial charge < -0.3 is 9.47 Å². The maximum Gasteiger partial charge on any atom is 0.0674 e. The lowest BCUT2D eigenvalue weighted by Gasteiger charge is -2.30. The fourth-order valence-corrected chi connectivity index (χ4v) is 1.43. The smallest absolute Gasteiger partial charge is 0.0674 e. The predicted octanol–water partition coefficient (Wildman–Crippen LogP) is 1.77. The van der Waals surface area contributed by atoms with Gasteiger partial charge in [-0.15, -0.1) is 0 Å². The summed E-state index contributed by atoms with van der Waals surface area (Å²) in [4.78, 5) is 2.39. The van der Waals surface area contributed by atoms with Gasteiger partial charge in [-0.2, -0.15) is 0 Å². The van der Waals surface area contributed by atoms with Gasteiger partial charge in [0.15, 0.2) is 0 Å². The van der Waals surface area contributed by atoms with Crippen LogP contribution >= 0.6 is 0 Å². The molecule has 1 heterocycles. The van der Waals surface area contributed by atoms with Crippen molar-refractivity contribution in [3.05, 3.63) is 0 Å². The quantitative estimate of drug-likeness (QED) is 0.650. The van der Waals surface area contributed by atoms with Crippen LogP contribution < -0.4 is 0 Å². The van der Waals surface area contributed by atoms with Crippen molar-refractivity contribution in [1.29, 1.82) is 0 Å². The molecule has 0 radical (unpaired) electrons. The molecule has 0 spiro atoms. The van der Waals surface area contributed by atoms with Crippen LogP contribution in [-0.4, -0.2) is 50.5 Å². The third-order valence-corrected chi connectivity index (χ3v) is 2.08. The highest BCUT2D eigenvalue weighted by atomic mass is 16.5. The number of rotatable bonds is 4. The Labute approximate surface area is 88.4 Å². The largest absolute Gasteiger partial charge is 0.380 e. The summed E-state index contributed by atoms with van der Waals surface area (Å²) < 4.78 is 10.7. The highest BCUT2D eigenvalue weighted by Gasteiger charge is 2.15. The van der Waals surface area contributed by atoms with Crippen LogP contribution in [0.25, 0.3) is 0 Å². The van der Waals surface area contributed by atoms with Crippen LogP contribution in [0.15, 0.2) is 0 Å². The Morgan fingerprint density at radius 3 is 2.71 bits per heavy atom. The molecule has 1 saturated heterocycles. The van der Waals surface area contributed by atoms with Gasteiger partial charge in [0.1, 0.15) is 0 Å². The summed E-state index contributed by atoms with van der Waals surface area (Å²) in [6.45, 7) is 13.8. The molecule has 14 heavy (non-hydrogen) atoms. The van der Waals surface area contributed by atoms with Crippen molar-refractivity contribution in [2.75, 3.05) is 39.5 Å². The van der Waals surface area contributed by atoms with E-state index >= 15 is 0 Å². The molecule has 1 aliphatic rings. The normalized spacial score (nSPS) is 22.7. The molecule has 0 amide bonds. The summed E-state index contributed by atoms with van der Waals surface area (Å²) in [6, 6.07) is 0. The molecule has 3 nitrogen and oxygen atoms in total. The van der Waals surface area contributed by atoms with E-state index < -0.39 is 0 Å². The second kappa shape index (κ2) is 9.44. The first-order chi connectivity index (χ1) is 6.83. The van der Waals surface area contributed by atoms with E-state index in [1.165, 1.54) is 0 Å². The van der Waals surface area contributed by atoms with Gasteiger partial charge in [-0.1, -0.05) is 13.8 Å². The Hall–Kier alpha value is -0.120. The molecule has 1 aliphatic heterocycles. The minimum atomic E-state index is 0.389. The summed E-state index contributed by atoms with van der Waals surface area (Å²) in [6.07, 6.45) is 0.389. The molecule has 0 aromatic heterocycles. The van der Waals surface area contributed by atoms with Crippen LogP contribution in [0.3, 0.4) is 0 Å². The zero-order chi connectivity index (χ0) is 10.8. The molecular formula is C11H25NO2. The first-order valence-corrected chi connectivity index (χ1v) is 5.74. The Balaban J connectivity index is 0.000000791. The highest BCUT2D eigenvalue weighted by Crippen LogP contribution is 2.03. The first-order valence-electron chi connectivity index (χ1n) is 5.74. The molecule has 0 unspecified atom stereocenters. The van der Waals surface area contributed by atoms with Gasteiger partial charge in [0.05, 0.1) is 19.3 Å². The lowest BCUT2D eigenvalue weighted by Crippen LogP contribution is -2.42. The van der Waals surface area contributed by atoms with Crippen molar-refractivity contribution in [2.24, 2.45) is 0 Å². The van der Waals surface area contributed by atoms with Gasteiger partial charge in [-0.05, 0) is 13.8 Å². The van der Waals surface area contributed by atoms with Crippen LogP contribution in [-0.2, 0) is 9.47 Å². The van der Waals surface area contributed by atoms with Gasteiger partial charge in [-0.3, -0.25) is 4.90 Å². The molecule has 0 saturated carbocycles. The molecule has 0 N–H and O–H groups in total. The lowest BCUT2D eigenvalue weighted by atomic mass is 10.3. The summed E-state index contributed by atoms with van der Waals surface area (Å²) in [5.74, 6) is 0. The van der Waals surface area contributed by atoms with Crippen molar-refractivity contribution in [3.8, 4) is 0 Å². The molecular weight excluding hydrogens is 178 g/mol. The Bertz CT molecular complexity index is 120. The van der Waals surface area contributed by atoms with E-state index in [1.54, 1.807) is 0 Å². The molecule has 0 bridgehead atoms. The standard InChI is InChI=1S/C9H19NO2.C2H6/c1-3-11-6-4-10-5-7-12-9(2)8-10;1-2/h9H,3-8H2,1-2H3;1-2H3/t9-;/m0./s1. The Kier molecular flexibility index (Phi) is 9.35. The minimum absolute atomic E-state index is 0.389. The van der Waals surface area contributed by atoms with E-state index in [2.05, 4.69) is 11.8 Å². The molecule has 1 fully saturated rings. The highest BCUT2D eigenvalue weighted by molar-refractivity contribution is 4.67. The van der Waals surface area contributed by atoms with E-state index in [1.807, 2.05) is 20.8 Å². The maximum absolute atomic E-state index is 5.43. The van der Waals surface area contributed by atoms with Crippen molar-refractivity contribution in [1.82, 2.24) is 4.90 Å². The predicted molar refractivity (Wildman–Crippen MR) is 59.7 cm³/mol. The maximum atomic E-state index is 5.43. The van der Waals surface area contributed by atoms with Crippen LogP contribution in [0.5, 0.6) is 0 Å². The summed E-state index contributed by atoms with van der Waals surface area (Å²) in [5, 5.41) is 0. The molecule has 1 atom stereocenters. The summed E-state index contributed by atoms with van der Waals surface area (Å²) >= 11 is 0. The van der Waals surface area contributed by atoms with Crippen molar-refractivity contribution in [2.45, 2.75) is 33.8 Å². The Morgan fingerprint density at radius 1 is 1.43 bits per heavy atom. The fraction of sp³-hybridized carbons (Fsp3) is 1.00. The third-order valence-electron chi connectivity index (χ3n) is 2.08. The van der Waals surface area contributed by atoms with Crippen molar-refractivity contribution >= 4 is 0 Å². The average Bonchev–Trinajstić information content (AvgIpc) is 2.21. The number of hydrogen-bond donors (Lipinski definition) is 0. The van der Waals surface area contributed by atoms with Gasteiger partial charge >= 0.3 is 0 Å². The first kappa shape index (κ1) is 13.9. The van der Waals surface area contributed by atoms with Gasteiger partial charge in [-0.25, -0.2) is 0 Å². The monoisotopic (exact) mass is 203 g/mol. The topological polar surface area (TPSA) is 21.7 Å². The van der Waals surface area contributed by atoms with Crippen molar-refractivity contribution in [3.63, 3.8) is 0 Å². The molecule has 3 heteroatoms. The second-order valence-electron chi connectivity index (χ2n) is 3.18. The van der Waals surface area contributed by atoms with Crippen LogP contribution in [0.4, 0.5) is 0 Å². The molecule has 86 valence electrons. The number of morpholine rings is 1. The van der Waals surface area contributed by atoms with Crippen molar-refractivity contribution < 1.29 is 9.47 Å². The van der Waals surface area contributed by atoms with Crippen LogP contribution in [0, 0.1) is 0 Å². The minimum Gasteiger partial charge on any atom is -0.380 e. The third kappa shape index (κ3) is 6.35. The number of hydrogen-bond acceptors (Lipinski definition) is 3. The number of nitrogens with zero attached hydrogens (tertiary/aromatic N) is 1. The molecule has 0 aromatic carbocycles. The lowest BCUT2D eigenvalue weighted by molar-refractivity contribution is -0.0264. The molecule has 1 rings (SSSR count). The molecule has 0 aromatic rings. The van der Waals surface area contributed by atoms with E-state index in [-0.39, 0.29) is 0 Å². The average molecular weight is 203 g/mol. The van der Waals surface area contributed by atoms with Gasteiger partial charge in [0.2, 0.25) is 0 Å². The zero-order valence-corrected chi connectivity index (χ0v) is 10.1. The SMILES string of the molecule is CC.CCOCCN1CCO[C@@H](C)C1. The van der Waals surface area contributed by atoms with E-state index in [0.717, 1.165) is 39.5 Å². The molecule has 0 aliphatic carbocycles. The van der Waals surface area contributed by atoms with E-state index in [0.29, 0.717) is 6.10 Å². The fourth-order valence-electron chi connectivity index (χ4n) is 1.43. The second-order valence-corrected chi connectivity index (χ2v) is 3.18. The summed E-state index contributed by atoms with van der Waals surface area (Å²) in [5.41, 5.74) is 0. The zero-order valence-electron chi connectivity index (χ0n) is 10.1. The Morgan fingerprint density at radius 2 is 2.14 bits per heavy atom. The summed E-state index contributed by atoms with van der Waals surface area (Å²) in [7, 11) is 0.